The Hall–Kier alpha value is -2.77. The molecule has 0 amide bonds. The van der Waals surface area contributed by atoms with Gasteiger partial charge in [0.1, 0.15) is 17.9 Å². The average molecular weight is 384 g/mol. The van der Waals surface area contributed by atoms with Crippen LogP contribution in [0.1, 0.15) is 5.69 Å². The van der Waals surface area contributed by atoms with Gasteiger partial charge in [-0.3, -0.25) is 0 Å². The summed E-state index contributed by atoms with van der Waals surface area (Å²) in [6.45, 7) is 1.95. The minimum Gasteiger partial charge on any atom is -0.508 e. The van der Waals surface area contributed by atoms with Crippen molar-refractivity contribution in [2.75, 3.05) is 5.32 Å². The van der Waals surface area contributed by atoms with E-state index in [1.807, 2.05) is 25.1 Å². The van der Waals surface area contributed by atoms with E-state index >= 15 is 0 Å². The number of H-pyrrole nitrogens is 1. The number of fused-ring (bicyclic) bond motifs is 1. The second-order valence-corrected chi connectivity index (χ2v) is 7.11. The summed E-state index contributed by atoms with van der Waals surface area (Å²) < 4.78 is 0. The summed E-state index contributed by atoms with van der Waals surface area (Å²) in [6, 6.07) is 10.6. The number of hydrogen-bond donors (Lipinski definition) is 3. The van der Waals surface area contributed by atoms with Gasteiger partial charge in [-0.05, 0) is 43.3 Å². The number of aromatic nitrogens is 4. The van der Waals surface area contributed by atoms with E-state index < -0.39 is 0 Å². The second kappa shape index (κ2) is 6.86. The molecule has 0 saturated carbocycles. The largest absolute Gasteiger partial charge is 0.508 e. The van der Waals surface area contributed by atoms with Gasteiger partial charge in [-0.1, -0.05) is 23.4 Å². The lowest BCUT2D eigenvalue weighted by Crippen LogP contribution is -1.96. The van der Waals surface area contributed by atoms with Gasteiger partial charge in [0.25, 0.3) is 0 Å². The van der Waals surface area contributed by atoms with Crippen LogP contribution in [0, 0.1) is 6.92 Å². The van der Waals surface area contributed by atoms with E-state index in [0.717, 1.165) is 32.3 Å². The molecule has 2 heterocycles. The van der Waals surface area contributed by atoms with Crippen LogP contribution in [0.4, 0.5) is 11.5 Å². The van der Waals surface area contributed by atoms with Crippen molar-refractivity contribution in [2.24, 2.45) is 0 Å². The normalized spacial score (nSPS) is 11.0. The molecular weight excluding hydrogens is 370 g/mol. The molecule has 0 aliphatic heterocycles. The maximum absolute atomic E-state index is 9.73. The lowest BCUT2D eigenvalue weighted by molar-refractivity contribution is 0.476. The Morgan fingerprint density at radius 1 is 1.12 bits per heavy atom. The summed E-state index contributed by atoms with van der Waals surface area (Å²) in [5.41, 5.74) is 2.53. The summed E-state index contributed by atoms with van der Waals surface area (Å²) in [4.78, 5) is 16.8. The third-order valence-electron chi connectivity index (χ3n) is 3.70. The Bertz CT molecular complexity index is 1100. The highest BCUT2D eigenvalue weighted by molar-refractivity contribution is 7.99. The lowest BCUT2D eigenvalue weighted by atomic mass is 10.2. The molecule has 0 fully saturated rings. The molecule has 4 rings (SSSR count). The zero-order valence-electron chi connectivity index (χ0n) is 13.7. The quantitative estimate of drug-likeness (QED) is 0.464. The smallest absolute Gasteiger partial charge is 0.170 e. The first kappa shape index (κ1) is 16.7. The summed E-state index contributed by atoms with van der Waals surface area (Å²) in [6.07, 6.45) is 3.26. The molecule has 26 heavy (non-hydrogen) atoms. The van der Waals surface area contributed by atoms with Crippen LogP contribution in [0.5, 0.6) is 5.75 Å². The van der Waals surface area contributed by atoms with Crippen LogP contribution in [0.15, 0.2) is 59.0 Å². The van der Waals surface area contributed by atoms with Gasteiger partial charge < -0.3 is 15.4 Å². The fraction of sp³-hybridized carbons (Fsp3) is 0.0556. The first-order chi connectivity index (χ1) is 12.6. The first-order valence-corrected chi connectivity index (χ1v) is 8.98. The van der Waals surface area contributed by atoms with Gasteiger partial charge in [0.15, 0.2) is 5.16 Å². The molecule has 6 nitrogen and oxygen atoms in total. The molecule has 0 unspecified atom stereocenters. The predicted molar refractivity (Wildman–Crippen MR) is 103 cm³/mol. The molecule has 0 radical (unpaired) electrons. The Kier molecular flexibility index (Phi) is 4.40. The number of phenolic OH excluding ortho intramolecular Hbond substituents is 1. The zero-order valence-corrected chi connectivity index (χ0v) is 15.3. The van der Waals surface area contributed by atoms with Crippen LogP contribution < -0.4 is 5.32 Å². The zero-order chi connectivity index (χ0) is 18.1. The number of aromatic hydroxyl groups is 1. The molecule has 4 aromatic rings. The van der Waals surface area contributed by atoms with Crippen molar-refractivity contribution in [3.8, 4) is 5.75 Å². The number of imidazole rings is 1. The highest BCUT2D eigenvalue weighted by Gasteiger charge is 2.09. The number of aryl methyl sites for hydroxylation is 1. The number of benzene rings is 2. The highest BCUT2D eigenvalue weighted by Crippen LogP contribution is 2.34. The third kappa shape index (κ3) is 3.44. The molecule has 0 aliphatic rings. The van der Waals surface area contributed by atoms with Crippen LogP contribution in [0.3, 0.4) is 0 Å². The van der Waals surface area contributed by atoms with Gasteiger partial charge in [0.2, 0.25) is 0 Å². The number of rotatable bonds is 4. The molecule has 8 heteroatoms. The van der Waals surface area contributed by atoms with Gasteiger partial charge in [-0.25, -0.2) is 15.0 Å². The van der Waals surface area contributed by atoms with Gasteiger partial charge in [0, 0.05) is 27.9 Å². The Morgan fingerprint density at radius 3 is 2.77 bits per heavy atom. The van der Waals surface area contributed by atoms with E-state index in [1.165, 1.54) is 18.1 Å². The maximum atomic E-state index is 9.73. The van der Waals surface area contributed by atoms with E-state index in [9.17, 15) is 5.11 Å². The lowest BCUT2D eigenvalue weighted by Gasteiger charge is -2.10. The first-order valence-electron chi connectivity index (χ1n) is 7.78. The topological polar surface area (TPSA) is 86.7 Å². The minimum absolute atomic E-state index is 0.161. The van der Waals surface area contributed by atoms with Gasteiger partial charge in [0.05, 0.1) is 10.5 Å². The number of hydrogen-bond acceptors (Lipinski definition) is 6. The van der Waals surface area contributed by atoms with E-state index in [2.05, 4.69) is 25.3 Å². The molecular formula is C18H14ClN5OS. The SMILES string of the molecule is Cc1cnc(Sc2ccc(Nc3ncnc4ccc(O)cc34)cc2Cl)[nH]1. The molecule has 130 valence electrons. The maximum Gasteiger partial charge on any atom is 0.170 e. The fourth-order valence-corrected chi connectivity index (χ4v) is 3.60. The standard InChI is InChI=1S/C18H14ClN5OS/c1-10-8-20-18(23-10)26-16-5-2-11(6-14(16)19)24-17-13-7-12(25)3-4-15(13)21-9-22-17/h2-9,25H,1H3,(H,20,23)(H,21,22,24). The summed E-state index contributed by atoms with van der Waals surface area (Å²) in [5.74, 6) is 0.762. The van der Waals surface area contributed by atoms with Crippen LogP contribution in [-0.2, 0) is 0 Å². The van der Waals surface area contributed by atoms with Crippen molar-refractivity contribution in [2.45, 2.75) is 17.0 Å². The number of nitrogens with one attached hydrogen (secondary N) is 2. The summed E-state index contributed by atoms with van der Waals surface area (Å²) in [7, 11) is 0. The summed E-state index contributed by atoms with van der Waals surface area (Å²) in [5, 5.41) is 15.1. The monoisotopic (exact) mass is 383 g/mol. The van der Waals surface area contributed by atoms with Gasteiger partial charge in [-0.2, -0.15) is 0 Å². The molecule has 0 aliphatic carbocycles. The van der Waals surface area contributed by atoms with Crippen molar-refractivity contribution in [1.29, 1.82) is 0 Å². The third-order valence-corrected chi connectivity index (χ3v) is 5.10. The van der Waals surface area contributed by atoms with Crippen molar-refractivity contribution < 1.29 is 5.11 Å². The number of anilines is 2. The highest BCUT2D eigenvalue weighted by atomic mass is 35.5. The average Bonchev–Trinajstić information content (AvgIpc) is 3.03. The molecule has 0 bridgehead atoms. The van der Waals surface area contributed by atoms with Crippen LogP contribution >= 0.6 is 23.4 Å². The number of nitrogens with zero attached hydrogens (tertiary/aromatic N) is 3. The van der Waals surface area contributed by atoms with E-state index in [4.69, 9.17) is 11.6 Å². The van der Waals surface area contributed by atoms with Crippen LogP contribution in [0.2, 0.25) is 5.02 Å². The predicted octanol–water partition coefficient (Wildman–Crippen LogP) is 4.92. The van der Waals surface area contributed by atoms with Gasteiger partial charge in [-0.15, -0.1) is 0 Å². The second-order valence-electron chi connectivity index (χ2n) is 5.67. The summed E-state index contributed by atoms with van der Waals surface area (Å²) >= 11 is 7.89. The van der Waals surface area contributed by atoms with Crippen molar-refractivity contribution in [1.82, 2.24) is 19.9 Å². The van der Waals surface area contributed by atoms with Crippen LogP contribution in [-0.4, -0.2) is 25.0 Å². The molecule has 3 N–H and O–H groups in total. The van der Waals surface area contributed by atoms with Crippen molar-refractivity contribution in [3.63, 3.8) is 0 Å². The number of halogens is 1. The Balaban J connectivity index is 1.61. The van der Waals surface area contributed by atoms with E-state index in [-0.39, 0.29) is 5.75 Å². The van der Waals surface area contributed by atoms with Gasteiger partial charge >= 0.3 is 0 Å². The fourth-order valence-electron chi connectivity index (χ4n) is 2.49. The molecule has 0 atom stereocenters. The molecule has 2 aromatic carbocycles. The Morgan fingerprint density at radius 2 is 2.00 bits per heavy atom. The van der Waals surface area contributed by atoms with E-state index in [0.29, 0.717) is 10.8 Å². The van der Waals surface area contributed by atoms with E-state index in [1.54, 1.807) is 24.4 Å². The molecule has 0 saturated heterocycles. The van der Waals surface area contributed by atoms with Crippen molar-refractivity contribution in [3.05, 3.63) is 59.6 Å². The van der Waals surface area contributed by atoms with Crippen LogP contribution in [0.25, 0.3) is 10.9 Å². The number of aromatic amines is 1. The molecule has 0 spiro atoms. The minimum atomic E-state index is 0.161. The Labute approximate surface area is 158 Å². The number of phenols is 1. The van der Waals surface area contributed by atoms with Crippen molar-refractivity contribution >= 4 is 45.8 Å². The molecule has 2 aromatic heterocycles.